The number of aliphatic carboxylic acids is 1. The number of nitrogens with zero attached hydrogens (tertiary/aromatic N) is 2. The summed E-state index contributed by atoms with van der Waals surface area (Å²) in [5, 5.41) is 13.6. The van der Waals surface area contributed by atoms with Crippen molar-refractivity contribution in [2.75, 3.05) is 19.7 Å². The largest absolute Gasteiger partial charge is 0.490 e. The van der Waals surface area contributed by atoms with E-state index in [2.05, 4.69) is 20.6 Å². The molecule has 1 aromatic heterocycles. The number of aryl methyl sites for hydroxylation is 1. The number of carboxylic acids is 1. The highest BCUT2D eigenvalue weighted by Crippen LogP contribution is 2.35. The van der Waals surface area contributed by atoms with Crippen LogP contribution in [-0.2, 0) is 20.9 Å². The first-order valence-corrected chi connectivity index (χ1v) is 10.9. The van der Waals surface area contributed by atoms with E-state index in [-0.39, 0.29) is 17.9 Å². The Labute approximate surface area is 176 Å². The number of alkyl halides is 3. The van der Waals surface area contributed by atoms with Gasteiger partial charge in [0.15, 0.2) is 0 Å². The van der Waals surface area contributed by atoms with E-state index < -0.39 is 12.1 Å². The Morgan fingerprint density at radius 3 is 2.57 bits per heavy atom. The van der Waals surface area contributed by atoms with Gasteiger partial charge in [-0.1, -0.05) is 0 Å². The molecular weight excluding hydrogens is 423 g/mol. The van der Waals surface area contributed by atoms with Gasteiger partial charge >= 0.3 is 12.1 Å². The molecule has 2 saturated heterocycles. The van der Waals surface area contributed by atoms with Gasteiger partial charge in [-0.2, -0.15) is 13.2 Å². The Bertz CT molecular complexity index is 754. The van der Waals surface area contributed by atoms with Gasteiger partial charge in [-0.15, -0.1) is 11.3 Å². The number of piperidine rings is 1. The molecular formula is C19H26F3N3O4S. The number of ether oxygens (including phenoxy) is 1. The molecule has 4 rings (SSSR count). The number of likely N-dealkylation sites (tertiary alicyclic amines) is 1. The van der Waals surface area contributed by atoms with Crippen molar-refractivity contribution in [1.29, 1.82) is 0 Å². The van der Waals surface area contributed by atoms with Crippen LogP contribution in [-0.4, -0.2) is 64.9 Å². The summed E-state index contributed by atoms with van der Waals surface area (Å²) < 4.78 is 37.7. The zero-order valence-corrected chi connectivity index (χ0v) is 17.5. The lowest BCUT2D eigenvalue weighted by Crippen LogP contribution is -2.54. The van der Waals surface area contributed by atoms with Crippen LogP contribution >= 0.6 is 11.3 Å². The maximum absolute atomic E-state index is 12.7. The molecule has 3 aliphatic rings. The zero-order valence-electron chi connectivity index (χ0n) is 16.7. The Balaban J connectivity index is 0.000000318. The minimum Gasteiger partial charge on any atom is -0.475 e. The van der Waals surface area contributed by atoms with Crippen molar-refractivity contribution in [2.24, 2.45) is 11.8 Å². The first-order valence-electron chi connectivity index (χ1n) is 9.99. The Morgan fingerprint density at radius 1 is 1.33 bits per heavy atom. The molecule has 2 aliphatic heterocycles. The number of fused-ring (bicyclic) bond motifs is 1. The highest BCUT2D eigenvalue weighted by molar-refractivity contribution is 7.09. The van der Waals surface area contributed by atoms with Gasteiger partial charge in [0.1, 0.15) is 0 Å². The van der Waals surface area contributed by atoms with Crippen LogP contribution in [0.1, 0.15) is 36.4 Å². The molecule has 168 valence electrons. The van der Waals surface area contributed by atoms with Crippen molar-refractivity contribution in [3.05, 3.63) is 16.1 Å². The van der Waals surface area contributed by atoms with E-state index in [9.17, 15) is 18.0 Å². The van der Waals surface area contributed by atoms with Gasteiger partial charge in [0.05, 0.1) is 22.7 Å². The quantitative estimate of drug-likeness (QED) is 0.734. The minimum atomic E-state index is -5.08. The fourth-order valence-corrected chi connectivity index (χ4v) is 4.64. The van der Waals surface area contributed by atoms with Gasteiger partial charge in [-0.05, 0) is 32.6 Å². The molecule has 1 aliphatic carbocycles. The summed E-state index contributed by atoms with van der Waals surface area (Å²) in [5.74, 6) is -2.05. The van der Waals surface area contributed by atoms with Crippen LogP contribution in [0, 0.1) is 18.8 Å². The third-order valence-corrected chi connectivity index (χ3v) is 6.58. The number of rotatable bonds is 4. The highest BCUT2D eigenvalue weighted by Gasteiger charge is 2.44. The Kier molecular flexibility index (Phi) is 7.35. The molecule has 0 spiro atoms. The number of halogens is 3. The van der Waals surface area contributed by atoms with Crippen molar-refractivity contribution in [3.8, 4) is 0 Å². The Morgan fingerprint density at radius 2 is 2.03 bits per heavy atom. The molecule has 30 heavy (non-hydrogen) atoms. The first kappa shape index (κ1) is 23.0. The first-order chi connectivity index (χ1) is 14.1. The number of hydrogen-bond acceptors (Lipinski definition) is 6. The number of carbonyl (C=O) groups is 2. The van der Waals surface area contributed by atoms with Crippen molar-refractivity contribution >= 4 is 23.2 Å². The van der Waals surface area contributed by atoms with Crippen molar-refractivity contribution in [3.63, 3.8) is 0 Å². The molecule has 7 nitrogen and oxygen atoms in total. The molecule has 11 heteroatoms. The molecule has 1 aromatic rings. The van der Waals surface area contributed by atoms with E-state index >= 15 is 0 Å². The lowest BCUT2D eigenvalue weighted by molar-refractivity contribution is -0.192. The highest BCUT2D eigenvalue weighted by atomic mass is 32.1. The second-order valence-electron chi connectivity index (χ2n) is 7.96. The second kappa shape index (κ2) is 9.61. The fraction of sp³-hybridized carbons (Fsp3) is 0.737. The third-order valence-electron chi connectivity index (χ3n) is 5.75. The van der Waals surface area contributed by atoms with Crippen LogP contribution in [0.4, 0.5) is 13.2 Å². The van der Waals surface area contributed by atoms with E-state index in [1.54, 1.807) is 11.3 Å². The standard InChI is InChI=1S/C17H25N3O2S.C2HF3O2/c1-11-18-13(10-23-11)7-20-8-15(14-5-6-22-16(14)9-20)17(21)19-12-3-2-4-12;3-2(4,5)1(6)7/h10,12,14-16H,2-9H2,1H3,(H,19,21);(H,6,7)/t14-,15-,16+;/m0./s1. The summed E-state index contributed by atoms with van der Waals surface area (Å²) in [5.41, 5.74) is 1.11. The number of carboxylic acid groups (broad SMARTS) is 1. The topological polar surface area (TPSA) is 91.8 Å². The molecule has 3 heterocycles. The number of hydrogen-bond donors (Lipinski definition) is 2. The monoisotopic (exact) mass is 449 g/mol. The summed E-state index contributed by atoms with van der Waals surface area (Å²) >= 11 is 1.69. The van der Waals surface area contributed by atoms with E-state index in [1.807, 2.05) is 6.92 Å². The van der Waals surface area contributed by atoms with Gasteiger partial charge in [0.25, 0.3) is 0 Å². The molecule has 2 N–H and O–H groups in total. The molecule has 0 aromatic carbocycles. The Hall–Kier alpha value is -1.72. The van der Waals surface area contributed by atoms with Gasteiger partial charge in [-0.3, -0.25) is 9.69 Å². The molecule has 1 amide bonds. The van der Waals surface area contributed by atoms with E-state index in [1.165, 1.54) is 6.42 Å². The average Bonchev–Trinajstić information content (AvgIpc) is 3.25. The van der Waals surface area contributed by atoms with Crippen LogP contribution < -0.4 is 5.32 Å². The number of amides is 1. The summed E-state index contributed by atoms with van der Waals surface area (Å²) in [4.78, 5) is 28.6. The smallest absolute Gasteiger partial charge is 0.475 e. The fourth-order valence-electron chi connectivity index (χ4n) is 4.03. The van der Waals surface area contributed by atoms with Crippen LogP contribution in [0.2, 0.25) is 0 Å². The van der Waals surface area contributed by atoms with Gasteiger partial charge in [0.2, 0.25) is 5.91 Å². The maximum atomic E-state index is 12.7. The van der Waals surface area contributed by atoms with Crippen LogP contribution in [0.3, 0.4) is 0 Å². The number of thiazole rings is 1. The summed E-state index contributed by atoms with van der Waals surface area (Å²) in [6.45, 7) is 5.42. The number of aromatic nitrogens is 1. The average molecular weight is 449 g/mol. The lowest BCUT2D eigenvalue weighted by atomic mass is 9.81. The number of carbonyl (C=O) groups excluding carboxylic acids is 1. The molecule has 0 unspecified atom stereocenters. The van der Waals surface area contributed by atoms with Crippen molar-refractivity contribution < 1.29 is 32.6 Å². The summed E-state index contributed by atoms with van der Waals surface area (Å²) in [6.07, 6.45) is -0.312. The van der Waals surface area contributed by atoms with Crippen molar-refractivity contribution in [1.82, 2.24) is 15.2 Å². The van der Waals surface area contributed by atoms with Crippen LogP contribution in [0.25, 0.3) is 0 Å². The van der Waals surface area contributed by atoms with Crippen molar-refractivity contribution in [2.45, 2.75) is 57.5 Å². The van der Waals surface area contributed by atoms with E-state index in [0.717, 1.165) is 56.2 Å². The minimum absolute atomic E-state index is 0.0663. The lowest BCUT2D eigenvalue weighted by Gasteiger charge is -2.40. The van der Waals surface area contributed by atoms with Crippen LogP contribution in [0.15, 0.2) is 5.38 Å². The molecule has 3 atom stereocenters. The third kappa shape index (κ3) is 5.92. The summed E-state index contributed by atoms with van der Waals surface area (Å²) in [7, 11) is 0. The van der Waals surface area contributed by atoms with Gasteiger partial charge in [0, 0.05) is 43.6 Å². The molecule has 3 fully saturated rings. The number of nitrogens with one attached hydrogen (secondary N) is 1. The maximum Gasteiger partial charge on any atom is 0.490 e. The normalized spacial score (nSPS) is 26.9. The molecule has 0 radical (unpaired) electrons. The summed E-state index contributed by atoms with van der Waals surface area (Å²) in [6, 6.07) is 0.417. The van der Waals surface area contributed by atoms with E-state index in [4.69, 9.17) is 14.6 Å². The predicted molar refractivity (Wildman–Crippen MR) is 103 cm³/mol. The second-order valence-corrected chi connectivity index (χ2v) is 9.02. The van der Waals surface area contributed by atoms with Crippen LogP contribution in [0.5, 0.6) is 0 Å². The zero-order chi connectivity index (χ0) is 21.9. The van der Waals surface area contributed by atoms with E-state index in [0.29, 0.717) is 12.0 Å². The van der Waals surface area contributed by atoms with Gasteiger partial charge in [-0.25, -0.2) is 9.78 Å². The van der Waals surface area contributed by atoms with Gasteiger partial charge < -0.3 is 15.2 Å². The SMILES string of the molecule is Cc1nc(CN2C[C@H](C(=O)NC3CCC3)[C@@H]3CCO[C@@H]3C2)cs1.O=C(O)C(F)(F)F. The molecule has 1 saturated carbocycles. The predicted octanol–water partition coefficient (Wildman–Crippen LogP) is 2.59. The molecule has 0 bridgehead atoms.